The van der Waals surface area contributed by atoms with Crippen LogP contribution in [0, 0.1) is 5.82 Å². The van der Waals surface area contributed by atoms with Crippen LogP contribution in [0.15, 0.2) is 36.5 Å². The van der Waals surface area contributed by atoms with E-state index in [-0.39, 0.29) is 5.82 Å². The highest BCUT2D eigenvalue weighted by molar-refractivity contribution is 5.17. The van der Waals surface area contributed by atoms with Gasteiger partial charge in [0.05, 0.1) is 0 Å². The zero-order valence-corrected chi connectivity index (χ0v) is 12.8. The molecule has 0 bridgehead atoms. The van der Waals surface area contributed by atoms with Gasteiger partial charge in [0.15, 0.2) is 0 Å². The van der Waals surface area contributed by atoms with Crippen LogP contribution in [0.25, 0.3) is 0 Å². The van der Waals surface area contributed by atoms with Crippen LogP contribution in [0.3, 0.4) is 0 Å². The molecule has 0 saturated carbocycles. The fraction of sp³-hybridized carbons (Fsp3) is 0.471. The summed E-state index contributed by atoms with van der Waals surface area (Å²) in [4.78, 5) is 0. The Balaban J connectivity index is 1.93. The summed E-state index contributed by atoms with van der Waals surface area (Å²) < 4.78 is 14.9. The SMILES string of the molecule is CCCNC(CCc1ccnn1C)Cc1ccc(F)cc1. The summed E-state index contributed by atoms with van der Waals surface area (Å²) in [5.74, 6) is -0.174. The molecular weight excluding hydrogens is 265 g/mol. The number of halogens is 1. The summed E-state index contributed by atoms with van der Waals surface area (Å²) in [6, 6.07) is 9.29. The van der Waals surface area contributed by atoms with E-state index >= 15 is 0 Å². The van der Waals surface area contributed by atoms with E-state index in [1.165, 1.54) is 23.4 Å². The Morgan fingerprint density at radius 1 is 1.24 bits per heavy atom. The van der Waals surface area contributed by atoms with E-state index in [1.54, 1.807) is 0 Å². The minimum atomic E-state index is -0.174. The van der Waals surface area contributed by atoms with Crippen molar-refractivity contribution >= 4 is 0 Å². The lowest BCUT2D eigenvalue weighted by Gasteiger charge is -2.18. The van der Waals surface area contributed by atoms with Crippen LogP contribution in [0.2, 0.25) is 0 Å². The summed E-state index contributed by atoms with van der Waals surface area (Å²) >= 11 is 0. The molecule has 0 spiro atoms. The summed E-state index contributed by atoms with van der Waals surface area (Å²) in [6.07, 6.45) is 5.93. The molecule has 0 aliphatic carbocycles. The summed E-state index contributed by atoms with van der Waals surface area (Å²) in [5, 5.41) is 7.80. The third kappa shape index (κ3) is 4.97. The standard InChI is InChI=1S/C17H24FN3/c1-3-11-19-16(8-9-17-10-12-20-21(17)2)13-14-4-6-15(18)7-5-14/h4-7,10,12,16,19H,3,8-9,11,13H2,1-2H3. The van der Waals surface area contributed by atoms with Crippen LogP contribution >= 0.6 is 0 Å². The molecule has 0 radical (unpaired) electrons. The molecule has 1 heterocycles. The highest BCUT2D eigenvalue weighted by Crippen LogP contribution is 2.11. The third-order valence-corrected chi connectivity index (χ3v) is 3.75. The molecule has 0 aliphatic heterocycles. The molecule has 0 aliphatic rings. The predicted molar refractivity (Wildman–Crippen MR) is 83.7 cm³/mol. The number of benzene rings is 1. The first-order valence-electron chi connectivity index (χ1n) is 7.63. The molecule has 1 unspecified atom stereocenters. The molecule has 1 atom stereocenters. The maximum atomic E-state index is 13.0. The number of hydrogen-bond acceptors (Lipinski definition) is 2. The minimum absolute atomic E-state index is 0.174. The van der Waals surface area contributed by atoms with Crippen LogP contribution < -0.4 is 5.32 Å². The zero-order chi connectivity index (χ0) is 15.1. The van der Waals surface area contributed by atoms with Gasteiger partial charge in [0.2, 0.25) is 0 Å². The van der Waals surface area contributed by atoms with E-state index in [4.69, 9.17) is 0 Å². The Labute approximate surface area is 126 Å². The first-order valence-corrected chi connectivity index (χ1v) is 7.63. The van der Waals surface area contributed by atoms with Crippen LogP contribution in [-0.2, 0) is 19.9 Å². The van der Waals surface area contributed by atoms with E-state index in [0.717, 1.165) is 32.2 Å². The molecule has 2 rings (SSSR count). The Morgan fingerprint density at radius 3 is 2.62 bits per heavy atom. The van der Waals surface area contributed by atoms with E-state index in [0.29, 0.717) is 6.04 Å². The number of nitrogens with zero attached hydrogens (tertiary/aromatic N) is 2. The summed E-state index contributed by atoms with van der Waals surface area (Å²) in [6.45, 7) is 3.18. The summed E-state index contributed by atoms with van der Waals surface area (Å²) in [7, 11) is 1.98. The first kappa shape index (κ1) is 15.7. The van der Waals surface area contributed by atoms with Gasteiger partial charge in [-0.1, -0.05) is 19.1 Å². The molecule has 4 heteroatoms. The van der Waals surface area contributed by atoms with Gasteiger partial charge < -0.3 is 5.32 Å². The van der Waals surface area contributed by atoms with Crippen molar-refractivity contribution in [2.24, 2.45) is 7.05 Å². The zero-order valence-electron chi connectivity index (χ0n) is 12.8. The molecule has 3 nitrogen and oxygen atoms in total. The molecule has 1 N–H and O–H groups in total. The minimum Gasteiger partial charge on any atom is -0.314 e. The molecule has 21 heavy (non-hydrogen) atoms. The van der Waals surface area contributed by atoms with Crippen molar-refractivity contribution in [1.29, 1.82) is 0 Å². The van der Waals surface area contributed by atoms with Gasteiger partial charge in [-0.25, -0.2) is 4.39 Å². The molecular formula is C17H24FN3. The normalized spacial score (nSPS) is 12.5. The second kappa shape index (κ2) is 7.93. The lowest BCUT2D eigenvalue weighted by molar-refractivity contribution is 0.471. The van der Waals surface area contributed by atoms with Gasteiger partial charge >= 0.3 is 0 Å². The lowest BCUT2D eigenvalue weighted by atomic mass is 10.0. The van der Waals surface area contributed by atoms with Crippen LogP contribution in [0.5, 0.6) is 0 Å². The number of rotatable bonds is 8. The fourth-order valence-corrected chi connectivity index (χ4v) is 2.50. The van der Waals surface area contributed by atoms with Gasteiger partial charge in [0.25, 0.3) is 0 Å². The van der Waals surface area contributed by atoms with Crippen molar-refractivity contribution in [3.05, 3.63) is 53.6 Å². The van der Waals surface area contributed by atoms with Gasteiger partial charge in [0.1, 0.15) is 5.82 Å². The molecule has 0 fully saturated rings. The average Bonchev–Trinajstić information content (AvgIpc) is 2.89. The second-order valence-electron chi connectivity index (χ2n) is 5.47. The maximum absolute atomic E-state index is 13.0. The van der Waals surface area contributed by atoms with E-state index in [1.807, 2.05) is 30.1 Å². The molecule has 2 aromatic rings. The molecule has 1 aromatic heterocycles. The van der Waals surface area contributed by atoms with Gasteiger partial charge in [-0.15, -0.1) is 0 Å². The van der Waals surface area contributed by atoms with Crippen molar-refractivity contribution in [1.82, 2.24) is 15.1 Å². The van der Waals surface area contributed by atoms with Crippen LogP contribution in [0.4, 0.5) is 4.39 Å². The highest BCUT2D eigenvalue weighted by Gasteiger charge is 2.10. The van der Waals surface area contributed by atoms with E-state index < -0.39 is 0 Å². The number of aromatic nitrogens is 2. The van der Waals surface area contributed by atoms with E-state index in [2.05, 4.69) is 23.4 Å². The fourth-order valence-electron chi connectivity index (χ4n) is 2.50. The predicted octanol–water partition coefficient (Wildman–Crippen LogP) is 3.10. The molecule has 0 amide bonds. The molecule has 114 valence electrons. The Kier molecular flexibility index (Phi) is 5.93. The third-order valence-electron chi connectivity index (χ3n) is 3.75. The van der Waals surface area contributed by atoms with Gasteiger partial charge in [-0.3, -0.25) is 4.68 Å². The topological polar surface area (TPSA) is 29.9 Å². The smallest absolute Gasteiger partial charge is 0.123 e. The van der Waals surface area contributed by atoms with E-state index in [9.17, 15) is 4.39 Å². The second-order valence-corrected chi connectivity index (χ2v) is 5.47. The maximum Gasteiger partial charge on any atom is 0.123 e. The van der Waals surface area contributed by atoms with Crippen molar-refractivity contribution in [2.75, 3.05) is 6.54 Å². The van der Waals surface area contributed by atoms with Crippen LogP contribution in [-0.4, -0.2) is 22.4 Å². The Bertz CT molecular complexity index is 533. The summed E-state index contributed by atoms with van der Waals surface area (Å²) in [5.41, 5.74) is 2.42. The van der Waals surface area contributed by atoms with Crippen LogP contribution in [0.1, 0.15) is 31.0 Å². The Morgan fingerprint density at radius 2 is 2.00 bits per heavy atom. The van der Waals surface area contributed by atoms with Gasteiger partial charge in [-0.2, -0.15) is 5.10 Å². The molecule has 1 aromatic carbocycles. The lowest BCUT2D eigenvalue weighted by Crippen LogP contribution is -2.32. The van der Waals surface area contributed by atoms with Gasteiger partial charge in [-0.05, 0) is 56.0 Å². The number of hydrogen-bond donors (Lipinski definition) is 1. The van der Waals surface area contributed by atoms with Crippen molar-refractivity contribution < 1.29 is 4.39 Å². The largest absolute Gasteiger partial charge is 0.314 e. The molecule has 0 saturated heterocycles. The first-order chi connectivity index (χ1) is 10.2. The highest BCUT2D eigenvalue weighted by atomic mass is 19.1. The Hall–Kier alpha value is -1.68. The van der Waals surface area contributed by atoms with Crippen molar-refractivity contribution in [3.63, 3.8) is 0 Å². The van der Waals surface area contributed by atoms with Crippen molar-refractivity contribution in [3.8, 4) is 0 Å². The quantitative estimate of drug-likeness (QED) is 0.809. The monoisotopic (exact) mass is 289 g/mol. The van der Waals surface area contributed by atoms with Gasteiger partial charge in [0, 0.05) is 25.0 Å². The average molecular weight is 289 g/mol. The number of nitrogens with one attached hydrogen (secondary N) is 1. The van der Waals surface area contributed by atoms with Crippen molar-refractivity contribution in [2.45, 2.75) is 38.6 Å². The number of aryl methyl sites for hydroxylation is 2.